The summed E-state index contributed by atoms with van der Waals surface area (Å²) < 4.78 is 0. The van der Waals surface area contributed by atoms with Crippen LogP contribution < -0.4 is 10.2 Å². The van der Waals surface area contributed by atoms with Gasteiger partial charge in [0.2, 0.25) is 5.91 Å². The van der Waals surface area contributed by atoms with Crippen LogP contribution in [0.3, 0.4) is 0 Å². The van der Waals surface area contributed by atoms with Gasteiger partial charge in [0.1, 0.15) is 5.82 Å². The zero-order valence-corrected chi connectivity index (χ0v) is 10.5. The number of aliphatic hydroxyl groups excluding tert-OH is 1. The van der Waals surface area contributed by atoms with Gasteiger partial charge in [-0.3, -0.25) is 4.79 Å². The Morgan fingerprint density at radius 2 is 2.35 bits per heavy atom. The Balaban J connectivity index is 2.81. The van der Waals surface area contributed by atoms with Crippen LogP contribution in [-0.4, -0.2) is 36.1 Å². The maximum atomic E-state index is 11.5. The van der Waals surface area contributed by atoms with Gasteiger partial charge < -0.3 is 15.3 Å². The first-order valence-electron chi connectivity index (χ1n) is 5.67. The molecular formula is C12H19N3O2. The molecule has 0 aliphatic carbocycles. The molecule has 0 aliphatic heterocycles. The third-order valence-electron chi connectivity index (χ3n) is 2.38. The molecular weight excluding hydrogens is 218 g/mol. The van der Waals surface area contributed by atoms with Crippen LogP contribution in [0.25, 0.3) is 0 Å². The summed E-state index contributed by atoms with van der Waals surface area (Å²) in [4.78, 5) is 17.4. The largest absolute Gasteiger partial charge is 0.389 e. The Labute approximate surface area is 101 Å². The minimum atomic E-state index is -0.601. The number of anilines is 1. The zero-order valence-electron chi connectivity index (χ0n) is 10.5. The molecule has 0 spiro atoms. The Kier molecular flexibility index (Phi) is 4.90. The molecule has 17 heavy (non-hydrogen) atoms. The molecule has 5 nitrogen and oxygen atoms in total. The summed E-state index contributed by atoms with van der Waals surface area (Å²) in [6.45, 7) is 4.39. The van der Waals surface area contributed by atoms with Crippen LogP contribution in [0.4, 0.5) is 5.82 Å². The van der Waals surface area contributed by atoms with Crippen LogP contribution in [0.5, 0.6) is 0 Å². The van der Waals surface area contributed by atoms with Crippen LogP contribution in [0.15, 0.2) is 18.3 Å². The predicted octanol–water partition coefficient (Wildman–Crippen LogP) is 0.707. The fourth-order valence-electron chi connectivity index (χ4n) is 1.60. The number of nitrogens with zero attached hydrogens (tertiary/aromatic N) is 2. The average Bonchev–Trinajstić information content (AvgIpc) is 2.29. The molecule has 0 radical (unpaired) electrons. The van der Waals surface area contributed by atoms with E-state index in [2.05, 4.69) is 10.3 Å². The molecule has 0 saturated heterocycles. The van der Waals surface area contributed by atoms with Gasteiger partial charge >= 0.3 is 0 Å². The van der Waals surface area contributed by atoms with E-state index in [4.69, 9.17) is 0 Å². The number of hydrogen-bond acceptors (Lipinski definition) is 4. The summed E-state index contributed by atoms with van der Waals surface area (Å²) in [5.41, 5.74) is 0.722. The van der Waals surface area contributed by atoms with Gasteiger partial charge in [0.05, 0.1) is 12.6 Å². The van der Waals surface area contributed by atoms with Gasteiger partial charge in [0, 0.05) is 25.4 Å². The van der Waals surface area contributed by atoms with Gasteiger partial charge in [-0.2, -0.15) is 0 Å². The highest BCUT2D eigenvalue weighted by Crippen LogP contribution is 2.22. The molecule has 94 valence electrons. The van der Waals surface area contributed by atoms with E-state index in [0.29, 0.717) is 12.4 Å². The van der Waals surface area contributed by atoms with E-state index >= 15 is 0 Å². The number of carbonyl (C=O) groups excluding carboxylic acids is 1. The number of likely N-dealkylation sites (N-methyl/N-ethyl adjacent to an activating group) is 2. The van der Waals surface area contributed by atoms with Crippen molar-refractivity contribution < 1.29 is 9.90 Å². The molecule has 0 saturated carbocycles. The second kappa shape index (κ2) is 6.20. The van der Waals surface area contributed by atoms with Crippen molar-refractivity contribution >= 4 is 11.7 Å². The molecule has 0 bridgehead atoms. The minimum absolute atomic E-state index is 0.0582. The quantitative estimate of drug-likeness (QED) is 0.791. The maximum absolute atomic E-state index is 11.5. The van der Waals surface area contributed by atoms with Gasteiger partial charge in [-0.15, -0.1) is 0 Å². The first-order chi connectivity index (χ1) is 8.06. The monoisotopic (exact) mass is 237 g/mol. The smallest absolute Gasteiger partial charge is 0.239 e. The van der Waals surface area contributed by atoms with Crippen molar-refractivity contribution in [2.45, 2.75) is 20.0 Å². The van der Waals surface area contributed by atoms with E-state index in [1.807, 2.05) is 6.92 Å². The fourth-order valence-corrected chi connectivity index (χ4v) is 1.60. The number of nitrogens with one attached hydrogen (secondary N) is 1. The number of carbonyl (C=O) groups is 1. The van der Waals surface area contributed by atoms with E-state index < -0.39 is 6.10 Å². The number of aliphatic hydroxyl groups is 1. The molecule has 2 N–H and O–H groups in total. The molecule has 1 amide bonds. The minimum Gasteiger partial charge on any atom is -0.389 e. The maximum Gasteiger partial charge on any atom is 0.239 e. The highest BCUT2D eigenvalue weighted by atomic mass is 16.3. The summed E-state index contributed by atoms with van der Waals surface area (Å²) in [5, 5.41) is 12.3. The fraction of sp³-hybridized carbons (Fsp3) is 0.500. The van der Waals surface area contributed by atoms with Crippen LogP contribution >= 0.6 is 0 Å². The van der Waals surface area contributed by atoms with E-state index in [0.717, 1.165) is 5.56 Å². The van der Waals surface area contributed by atoms with E-state index in [9.17, 15) is 9.90 Å². The van der Waals surface area contributed by atoms with Crippen LogP contribution in [0, 0.1) is 0 Å². The summed E-state index contributed by atoms with van der Waals surface area (Å²) in [6.07, 6.45) is 1.05. The van der Waals surface area contributed by atoms with Crippen LogP contribution in [-0.2, 0) is 4.79 Å². The second-order valence-corrected chi connectivity index (χ2v) is 3.90. The summed E-state index contributed by atoms with van der Waals surface area (Å²) >= 11 is 0. The first kappa shape index (κ1) is 13.4. The summed E-state index contributed by atoms with van der Waals surface area (Å²) in [7, 11) is 1.78. The van der Waals surface area contributed by atoms with E-state index in [-0.39, 0.29) is 12.5 Å². The van der Waals surface area contributed by atoms with Gasteiger partial charge in [-0.05, 0) is 19.9 Å². The van der Waals surface area contributed by atoms with Gasteiger partial charge in [-0.25, -0.2) is 4.98 Å². The molecule has 1 aromatic rings. The first-order valence-corrected chi connectivity index (χ1v) is 5.67. The van der Waals surface area contributed by atoms with E-state index in [1.54, 1.807) is 37.2 Å². The molecule has 1 atom stereocenters. The highest BCUT2D eigenvalue weighted by molar-refractivity contribution is 5.81. The van der Waals surface area contributed by atoms with Crippen molar-refractivity contribution in [3.8, 4) is 0 Å². The molecule has 0 aliphatic rings. The number of aromatic nitrogens is 1. The third-order valence-corrected chi connectivity index (χ3v) is 2.38. The molecule has 1 aromatic heterocycles. The van der Waals surface area contributed by atoms with Crippen LogP contribution in [0.2, 0.25) is 0 Å². The van der Waals surface area contributed by atoms with Gasteiger partial charge in [0.15, 0.2) is 0 Å². The average molecular weight is 237 g/mol. The lowest BCUT2D eigenvalue weighted by atomic mass is 10.1. The summed E-state index contributed by atoms with van der Waals surface area (Å²) in [5.74, 6) is 0.575. The van der Waals surface area contributed by atoms with Crippen molar-refractivity contribution in [3.63, 3.8) is 0 Å². The lowest BCUT2D eigenvalue weighted by Crippen LogP contribution is -2.35. The van der Waals surface area contributed by atoms with Gasteiger partial charge in [0.25, 0.3) is 0 Å². The second-order valence-electron chi connectivity index (χ2n) is 3.90. The van der Waals surface area contributed by atoms with Crippen molar-refractivity contribution in [2.24, 2.45) is 0 Å². The van der Waals surface area contributed by atoms with E-state index in [1.165, 1.54) is 0 Å². The lowest BCUT2D eigenvalue weighted by molar-refractivity contribution is -0.119. The molecule has 0 fully saturated rings. The van der Waals surface area contributed by atoms with Gasteiger partial charge in [-0.1, -0.05) is 6.07 Å². The molecule has 1 rings (SSSR count). The number of rotatable bonds is 5. The Morgan fingerprint density at radius 1 is 1.65 bits per heavy atom. The Morgan fingerprint density at radius 3 is 2.94 bits per heavy atom. The molecule has 0 aromatic carbocycles. The van der Waals surface area contributed by atoms with Crippen LogP contribution in [0.1, 0.15) is 25.5 Å². The Hall–Kier alpha value is -1.62. The predicted molar refractivity (Wildman–Crippen MR) is 66.8 cm³/mol. The number of amides is 1. The third kappa shape index (κ3) is 3.71. The molecule has 0 unspecified atom stereocenters. The van der Waals surface area contributed by atoms with Crippen molar-refractivity contribution in [3.05, 3.63) is 23.9 Å². The number of pyridine rings is 1. The Bertz CT molecular complexity index is 380. The normalized spacial score (nSPS) is 12.0. The molecule has 1 heterocycles. The molecule has 5 heteroatoms. The van der Waals surface area contributed by atoms with Crippen molar-refractivity contribution in [1.82, 2.24) is 10.3 Å². The topological polar surface area (TPSA) is 65.5 Å². The zero-order chi connectivity index (χ0) is 12.8. The lowest BCUT2D eigenvalue weighted by Gasteiger charge is -2.21. The van der Waals surface area contributed by atoms with Crippen molar-refractivity contribution in [1.29, 1.82) is 0 Å². The summed E-state index contributed by atoms with van der Waals surface area (Å²) in [6, 6.07) is 3.58. The highest BCUT2D eigenvalue weighted by Gasteiger charge is 2.14. The SMILES string of the molecule is CCNC(=O)CN(C)c1ncccc1[C@H](C)O. The standard InChI is InChI=1S/C12H19N3O2/c1-4-13-11(17)8-15(3)12-10(9(2)16)6-5-7-14-12/h5-7,9,16H,4,8H2,1-3H3,(H,13,17)/t9-/m0/s1. The number of hydrogen-bond donors (Lipinski definition) is 2. The van der Waals surface area contributed by atoms with Crippen molar-refractivity contribution in [2.75, 3.05) is 25.0 Å².